The van der Waals surface area contributed by atoms with Gasteiger partial charge in [0.1, 0.15) is 5.82 Å². The van der Waals surface area contributed by atoms with Crippen LogP contribution in [-0.4, -0.2) is 54.2 Å². The number of hydrogen-bond donors (Lipinski definition) is 1. The van der Waals surface area contributed by atoms with Crippen LogP contribution in [0.25, 0.3) is 11.1 Å². The second-order valence-electron chi connectivity index (χ2n) is 7.55. The number of halogens is 1. The molecule has 1 saturated heterocycles. The van der Waals surface area contributed by atoms with Gasteiger partial charge in [-0.1, -0.05) is 60.7 Å². The Labute approximate surface area is 172 Å². The van der Waals surface area contributed by atoms with E-state index < -0.39 is 0 Å². The highest BCUT2D eigenvalue weighted by Gasteiger charge is 2.26. The lowest BCUT2D eigenvalue weighted by Gasteiger charge is -2.39. The van der Waals surface area contributed by atoms with Crippen LogP contribution in [0.5, 0.6) is 0 Å². The first kappa shape index (κ1) is 19.8. The molecular weight excluding hydrogens is 363 g/mol. The van der Waals surface area contributed by atoms with Gasteiger partial charge in [-0.15, -0.1) is 0 Å². The average molecular weight is 391 g/mol. The average Bonchev–Trinajstić information content (AvgIpc) is 2.77. The van der Waals surface area contributed by atoms with Crippen LogP contribution >= 0.6 is 0 Å². The molecule has 1 atom stereocenters. The molecule has 1 N–H and O–H groups in total. The molecule has 1 heterocycles. The molecule has 4 heteroatoms. The molecule has 1 aliphatic rings. The molecule has 0 aromatic heterocycles. The van der Waals surface area contributed by atoms with Gasteiger partial charge in [-0.25, -0.2) is 4.39 Å². The van der Waals surface area contributed by atoms with E-state index in [9.17, 15) is 9.50 Å². The Kier molecular flexibility index (Phi) is 6.35. The third kappa shape index (κ3) is 4.73. The molecule has 0 amide bonds. The van der Waals surface area contributed by atoms with Crippen LogP contribution in [0.4, 0.5) is 4.39 Å². The predicted octanol–water partition coefficient (Wildman–Crippen LogP) is 4.19. The zero-order valence-corrected chi connectivity index (χ0v) is 16.5. The Hall–Kier alpha value is -2.53. The summed E-state index contributed by atoms with van der Waals surface area (Å²) in [5.74, 6) is -0.215. The number of rotatable bonds is 6. The van der Waals surface area contributed by atoms with Crippen molar-refractivity contribution < 1.29 is 9.50 Å². The summed E-state index contributed by atoms with van der Waals surface area (Å²) in [4.78, 5) is 4.83. The summed E-state index contributed by atoms with van der Waals surface area (Å²) in [6.45, 7) is 4.79. The molecule has 0 saturated carbocycles. The van der Waals surface area contributed by atoms with Gasteiger partial charge in [0.2, 0.25) is 0 Å². The molecule has 3 nitrogen and oxygen atoms in total. The monoisotopic (exact) mass is 390 g/mol. The number of nitrogens with zero attached hydrogens (tertiary/aromatic N) is 2. The van der Waals surface area contributed by atoms with Crippen molar-refractivity contribution >= 4 is 0 Å². The van der Waals surface area contributed by atoms with Crippen molar-refractivity contribution in [2.24, 2.45) is 0 Å². The summed E-state index contributed by atoms with van der Waals surface area (Å²) < 4.78 is 13.3. The third-order valence-corrected chi connectivity index (χ3v) is 5.68. The number of benzene rings is 3. The van der Waals surface area contributed by atoms with E-state index >= 15 is 0 Å². The van der Waals surface area contributed by atoms with E-state index in [2.05, 4.69) is 64.4 Å². The minimum absolute atomic E-state index is 0.174. The van der Waals surface area contributed by atoms with E-state index in [0.29, 0.717) is 0 Å². The summed E-state index contributed by atoms with van der Waals surface area (Å²) in [7, 11) is 0. The van der Waals surface area contributed by atoms with E-state index in [1.165, 1.54) is 23.3 Å². The van der Waals surface area contributed by atoms with Gasteiger partial charge in [0.25, 0.3) is 0 Å². The lowest BCUT2D eigenvalue weighted by atomic mass is 9.93. The summed E-state index contributed by atoms with van der Waals surface area (Å²) in [6.07, 6.45) is 0. The molecule has 3 aromatic carbocycles. The first-order chi connectivity index (χ1) is 14.2. The van der Waals surface area contributed by atoms with Crippen molar-refractivity contribution in [3.63, 3.8) is 0 Å². The molecule has 3 aromatic rings. The number of hydrogen-bond acceptors (Lipinski definition) is 3. The summed E-state index contributed by atoms with van der Waals surface area (Å²) >= 11 is 0. The van der Waals surface area contributed by atoms with Crippen LogP contribution in [0.15, 0.2) is 78.9 Å². The molecule has 1 unspecified atom stereocenters. The normalized spacial score (nSPS) is 16.6. The Morgan fingerprint density at radius 1 is 0.759 bits per heavy atom. The maximum atomic E-state index is 13.3. The van der Waals surface area contributed by atoms with Gasteiger partial charge in [0.05, 0.1) is 12.6 Å². The number of piperazine rings is 1. The molecule has 0 aliphatic carbocycles. The summed E-state index contributed by atoms with van der Waals surface area (Å²) in [5, 5.41) is 9.23. The fraction of sp³-hybridized carbons (Fsp3) is 0.280. The molecule has 150 valence electrons. The van der Waals surface area contributed by atoms with Gasteiger partial charge in [-0.05, 0) is 40.5 Å². The topological polar surface area (TPSA) is 26.7 Å². The highest BCUT2D eigenvalue weighted by Crippen LogP contribution is 2.32. The number of aliphatic hydroxyl groups excluding tert-OH is 1. The molecule has 29 heavy (non-hydrogen) atoms. The van der Waals surface area contributed by atoms with Gasteiger partial charge < -0.3 is 5.11 Å². The number of β-amino-alcohol motifs (C(OH)–C–C–N with tert-alkyl or cyclic N) is 1. The van der Waals surface area contributed by atoms with Crippen LogP contribution in [0.3, 0.4) is 0 Å². The molecule has 0 spiro atoms. The van der Waals surface area contributed by atoms with E-state index in [-0.39, 0.29) is 18.5 Å². The van der Waals surface area contributed by atoms with Crippen LogP contribution in [0.1, 0.15) is 17.2 Å². The van der Waals surface area contributed by atoms with E-state index in [0.717, 1.165) is 43.9 Å². The standard InChI is InChI=1S/C25H27FN2O/c26-24-11-9-20(10-12-24)22-7-4-8-23(19-22)25(21-5-2-1-3-6-21)28-15-13-27(14-16-28)17-18-29/h1-12,19,25,29H,13-18H2. The Balaban J connectivity index is 1.65. The Morgan fingerprint density at radius 3 is 2.14 bits per heavy atom. The Bertz CT molecular complexity index is 906. The van der Waals surface area contributed by atoms with Gasteiger partial charge in [0.15, 0.2) is 0 Å². The van der Waals surface area contributed by atoms with Crippen molar-refractivity contribution in [2.45, 2.75) is 6.04 Å². The highest BCUT2D eigenvalue weighted by molar-refractivity contribution is 5.64. The maximum Gasteiger partial charge on any atom is 0.123 e. The Morgan fingerprint density at radius 2 is 1.45 bits per heavy atom. The zero-order valence-electron chi connectivity index (χ0n) is 16.5. The first-order valence-corrected chi connectivity index (χ1v) is 10.2. The first-order valence-electron chi connectivity index (χ1n) is 10.2. The molecule has 0 radical (unpaired) electrons. The number of aliphatic hydroxyl groups is 1. The quantitative estimate of drug-likeness (QED) is 0.684. The van der Waals surface area contributed by atoms with Crippen molar-refractivity contribution in [1.82, 2.24) is 9.80 Å². The van der Waals surface area contributed by atoms with Crippen molar-refractivity contribution in [3.8, 4) is 11.1 Å². The minimum Gasteiger partial charge on any atom is -0.395 e. The SMILES string of the molecule is OCCN1CCN(C(c2ccccc2)c2cccc(-c3ccc(F)cc3)c2)CC1. The third-order valence-electron chi connectivity index (χ3n) is 5.68. The maximum absolute atomic E-state index is 13.3. The summed E-state index contributed by atoms with van der Waals surface area (Å²) in [6, 6.07) is 26.1. The van der Waals surface area contributed by atoms with Gasteiger partial charge in [-0.2, -0.15) is 0 Å². The lowest BCUT2D eigenvalue weighted by molar-refractivity contribution is 0.0945. The lowest BCUT2D eigenvalue weighted by Crippen LogP contribution is -2.48. The molecule has 0 bridgehead atoms. The minimum atomic E-state index is -0.215. The van der Waals surface area contributed by atoms with Crippen LogP contribution in [-0.2, 0) is 0 Å². The van der Waals surface area contributed by atoms with E-state index in [4.69, 9.17) is 0 Å². The van der Waals surface area contributed by atoms with Crippen LogP contribution in [0.2, 0.25) is 0 Å². The van der Waals surface area contributed by atoms with Crippen LogP contribution < -0.4 is 0 Å². The predicted molar refractivity (Wildman–Crippen MR) is 115 cm³/mol. The van der Waals surface area contributed by atoms with E-state index in [1.807, 2.05) is 12.1 Å². The summed E-state index contributed by atoms with van der Waals surface area (Å²) in [5.41, 5.74) is 4.64. The van der Waals surface area contributed by atoms with E-state index in [1.54, 1.807) is 0 Å². The molecular formula is C25H27FN2O. The smallest absolute Gasteiger partial charge is 0.123 e. The zero-order chi connectivity index (χ0) is 20.1. The highest BCUT2D eigenvalue weighted by atomic mass is 19.1. The second kappa shape index (κ2) is 9.31. The molecule has 4 rings (SSSR count). The fourth-order valence-electron chi connectivity index (χ4n) is 4.17. The molecule has 1 fully saturated rings. The van der Waals surface area contributed by atoms with Crippen LogP contribution in [0, 0.1) is 5.82 Å². The van der Waals surface area contributed by atoms with Crippen molar-refractivity contribution in [1.29, 1.82) is 0 Å². The van der Waals surface area contributed by atoms with Gasteiger partial charge in [0, 0.05) is 32.7 Å². The van der Waals surface area contributed by atoms with Crippen molar-refractivity contribution in [3.05, 3.63) is 95.8 Å². The fourth-order valence-corrected chi connectivity index (χ4v) is 4.17. The van der Waals surface area contributed by atoms with Crippen molar-refractivity contribution in [2.75, 3.05) is 39.3 Å². The van der Waals surface area contributed by atoms with Gasteiger partial charge >= 0.3 is 0 Å². The molecule has 1 aliphatic heterocycles. The second-order valence-corrected chi connectivity index (χ2v) is 7.55. The largest absolute Gasteiger partial charge is 0.395 e. The van der Waals surface area contributed by atoms with Gasteiger partial charge in [-0.3, -0.25) is 9.80 Å².